The molecule has 0 amide bonds. The summed E-state index contributed by atoms with van der Waals surface area (Å²) in [6.45, 7) is 0.196. The van der Waals surface area contributed by atoms with Crippen molar-refractivity contribution in [1.82, 2.24) is 0 Å². The molecular formula is C12H16ClNO4. The number of carboxylic acid groups (broad SMARTS) is 1. The van der Waals surface area contributed by atoms with Crippen LogP contribution in [-0.4, -0.2) is 23.1 Å². The first-order valence-corrected chi connectivity index (χ1v) is 5.27. The van der Waals surface area contributed by atoms with Crippen LogP contribution in [0.2, 0.25) is 0 Å². The van der Waals surface area contributed by atoms with Crippen LogP contribution in [0.5, 0.6) is 0 Å². The molecule has 1 aromatic carbocycles. The Balaban J connectivity index is 0.00000289. The molecule has 5 nitrogen and oxygen atoms in total. The predicted octanol–water partition coefficient (Wildman–Crippen LogP) is 1.34. The summed E-state index contributed by atoms with van der Waals surface area (Å²) in [5.74, 6) is -1.55. The Morgan fingerprint density at radius 3 is 2.44 bits per heavy atom. The summed E-state index contributed by atoms with van der Waals surface area (Å²) in [4.78, 5) is 21.7. The van der Waals surface area contributed by atoms with E-state index in [1.165, 1.54) is 0 Å². The number of carboxylic acids is 1. The molecule has 3 N–H and O–H groups in total. The molecule has 0 spiro atoms. The number of carbonyl (C=O) groups is 2. The van der Waals surface area contributed by atoms with Crippen molar-refractivity contribution in [3.05, 3.63) is 35.9 Å². The third kappa shape index (κ3) is 6.22. The van der Waals surface area contributed by atoms with Gasteiger partial charge in [-0.1, -0.05) is 30.3 Å². The molecule has 6 heteroatoms. The van der Waals surface area contributed by atoms with Crippen molar-refractivity contribution >= 4 is 24.3 Å². The number of hydrogen-bond acceptors (Lipinski definition) is 4. The summed E-state index contributed by atoms with van der Waals surface area (Å²) in [5.41, 5.74) is 6.16. The highest BCUT2D eigenvalue weighted by Crippen LogP contribution is 2.03. The average Bonchev–Trinajstić information content (AvgIpc) is 2.34. The summed E-state index contributed by atoms with van der Waals surface area (Å²) >= 11 is 0. The maximum absolute atomic E-state index is 11.3. The van der Waals surface area contributed by atoms with Crippen LogP contribution >= 0.6 is 12.4 Å². The Morgan fingerprint density at radius 2 is 1.89 bits per heavy atom. The van der Waals surface area contributed by atoms with E-state index in [1.54, 1.807) is 0 Å². The van der Waals surface area contributed by atoms with Gasteiger partial charge in [0.25, 0.3) is 0 Å². The molecule has 0 aliphatic rings. The quantitative estimate of drug-likeness (QED) is 0.764. The predicted molar refractivity (Wildman–Crippen MR) is 68.3 cm³/mol. The van der Waals surface area contributed by atoms with Crippen molar-refractivity contribution in [1.29, 1.82) is 0 Å². The third-order valence-corrected chi connectivity index (χ3v) is 2.22. The molecule has 0 bridgehead atoms. The van der Waals surface area contributed by atoms with Gasteiger partial charge in [0.15, 0.2) is 0 Å². The lowest BCUT2D eigenvalue weighted by atomic mass is 10.2. The number of ether oxygens (including phenoxy) is 1. The van der Waals surface area contributed by atoms with Crippen molar-refractivity contribution in [2.24, 2.45) is 5.73 Å². The minimum absolute atomic E-state index is 0. The summed E-state index contributed by atoms with van der Waals surface area (Å²) in [5, 5.41) is 8.53. The zero-order valence-corrected chi connectivity index (χ0v) is 10.6. The van der Waals surface area contributed by atoms with E-state index in [1.807, 2.05) is 30.3 Å². The molecule has 18 heavy (non-hydrogen) atoms. The van der Waals surface area contributed by atoms with Crippen LogP contribution in [0.15, 0.2) is 30.3 Å². The molecular weight excluding hydrogens is 258 g/mol. The number of esters is 1. The third-order valence-electron chi connectivity index (χ3n) is 2.22. The molecule has 1 unspecified atom stereocenters. The largest absolute Gasteiger partial charge is 0.480 e. The number of hydrogen-bond donors (Lipinski definition) is 2. The molecule has 1 rings (SSSR count). The summed E-state index contributed by atoms with van der Waals surface area (Å²) in [6.07, 6.45) is 0.100. The highest BCUT2D eigenvalue weighted by molar-refractivity contribution is 5.85. The molecule has 1 aromatic rings. The van der Waals surface area contributed by atoms with Crippen LogP contribution in [0.4, 0.5) is 0 Å². The number of nitrogens with two attached hydrogens (primary N) is 1. The normalized spacial score (nSPS) is 11.2. The second-order valence-corrected chi connectivity index (χ2v) is 3.63. The average molecular weight is 274 g/mol. The fourth-order valence-electron chi connectivity index (χ4n) is 1.21. The zero-order chi connectivity index (χ0) is 12.7. The van der Waals surface area contributed by atoms with E-state index >= 15 is 0 Å². The molecule has 0 heterocycles. The standard InChI is InChI=1S/C12H15NO4.ClH/c13-10(12(15)16)6-7-11(14)17-8-9-4-2-1-3-5-9;/h1-5,10H,6-8,13H2,(H,15,16);1H. The van der Waals surface area contributed by atoms with Gasteiger partial charge in [0.1, 0.15) is 12.6 Å². The Morgan fingerprint density at radius 1 is 1.28 bits per heavy atom. The van der Waals surface area contributed by atoms with Crippen molar-refractivity contribution in [2.45, 2.75) is 25.5 Å². The van der Waals surface area contributed by atoms with E-state index in [2.05, 4.69) is 0 Å². The molecule has 0 aromatic heterocycles. The van der Waals surface area contributed by atoms with Crippen LogP contribution in [0, 0.1) is 0 Å². The van der Waals surface area contributed by atoms with Crippen LogP contribution < -0.4 is 5.73 Å². The second-order valence-electron chi connectivity index (χ2n) is 3.63. The smallest absolute Gasteiger partial charge is 0.320 e. The van der Waals surface area contributed by atoms with E-state index in [9.17, 15) is 9.59 Å². The van der Waals surface area contributed by atoms with Gasteiger partial charge in [-0.3, -0.25) is 9.59 Å². The van der Waals surface area contributed by atoms with E-state index in [0.717, 1.165) is 5.56 Å². The first-order valence-electron chi connectivity index (χ1n) is 5.27. The Hall–Kier alpha value is -1.59. The number of benzene rings is 1. The molecule has 0 aliphatic carbocycles. The monoisotopic (exact) mass is 273 g/mol. The molecule has 1 atom stereocenters. The Bertz CT molecular complexity index is 383. The molecule has 0 saturated heterocycles. The summed E-state index contributed by atoms with van der Waals surface area (Å²) in [6, 6.07) is 8.25. The van der Waals surface area contributed by atoms with Gasteiger partial charge in [-0.2, -0.15) is 0 Å². The number of carbonyl (C=O) groups excluding carboxylic acids is 1. The maximum Gasteiger partial charge on any atom is 0.320 e. The lowest BCUT2D eigenvalue weighted by Crippen LogP contribution is -2.30. The number of aliphatic carboxylic acids is 1. The van der Waals surface area contributed by atoms with Crippen LogP contribution in [0.25, 0.3) is 0 Å². The van der Waals surface area contributed by atoms with Crippen molar-refractivity contribution < 1.29 is 19.4 Å². The number of rotatable bonds is 6. The van der Waals surface area contributed by atoms with Crippen molar-refractivity contribution in [3.63, 3.8) is 0 Å². The van der Waals surface area contributed by atoms with E-state index < -0.39 is 18.0 Å². The SMILES string of the molecule is Cl.NC(CCC(=O)OCc1ccccc1)C(=O)O. The zero-order valence-electron chi connectivity index (χ0n) is 9.74. The Kier molecular flexibility index (Phi) is 7.74. The van der Waals surface area contributed by atoms with Crippen LogP contribution in [0.1, 0.15) is 18.4 Å². The molecule has 0 saturated carbocycles. The number of halogens is 1. The topological polar surface area (TPSA) is 89.6 Å². The first kappa shape index (κ1) is 16.4. The second kappa shape index (κ2) is 8.49. The lowest BCUT2D eigenvalue weighted by molar-refractivity contribution is -0.145. The van der Waals surface area contributed by atoms with Crippen LogP contribution in [0.3, 0.4) is 0 Å². The fourth-order valence-corrected chi connectivity index (χ4v) is 1.21. The fraction of sp³-hybridized carbons (Fsp3) is 0.333. The first-order chi connectivity index (χ1) is 8.09. The van der Waals surface area contributed by atoms with E-state index in [-0.39, 0.29) is 31.9 Å². The van der Waals surface area contributed by atoms with Gasteiger partial charge in [0.2, 0.25) is 0 Å². The minimum Gasteiger partial charge on any atom is -0.480 e. The van der Waals surface area contributed by atoms with Crippen molar-refractivity contribution in [3.8, 4) is 0 Å². The van der Waals surface area contributed by atoms with Gasteiger partial charge >= 0.3 is 11.9 Å². The molecule has 0 fully saturated rings. The molecule has 0 aliphatic heterocycles. The van der Waals surface area contributed by atoms with E-state index in [4.69, 9.17) is 15.6 Å². The molecule has 0 radical (unpaired) electrons. The maximum atomic E-state index is 11.3. The van der Waals surface area contributed by atoms with Gasteiger partial charge in [-0.05, 0) is 12.0 Å². The van der Waals surface area contributed by atoms with Gasteiger partial charge in [0, 0.05) is 6.42 Å². The van der Waals surface area contributed by atoms with Crippen molar-refractivity contribution in [2.75, 3.05) is 0 Å². The highest BCUT2D eigenvalue weighted by Gasteiger charge is 2.13. The van der Waals surface area contributed by atoms with E-state index in [0.29, 0.717) is 0 Å². The Labute approximate surface area is 111 Å². The van der Waals surface area contributed by atoms with Gasteiger partial charge in [-0.15, -0.1) is 12.4 Å². The lowest BCUT2D eigenvalue weighted by Gasteiger charge is -2.07. The van der Waals surface area contributed by atoms with Gasteiger partial charge in [-0.25, -0.2) is 0 Å². The van der Waals surface area contributed by atoms with Gasteiger partial charge in [0.05, 0.1) is 0 Å². The highest BCUT2D eigenvalue weighted by atomic mass is 35.5. The van der Waals surface area contributed by atoms with Crippen LogP contribution in [-0.2, 0) is 20.9 Å². The summed E-state index contributed by atoms with van der Waals surface area (Å²) < 4.78 is 4.97. The minimum atomic E-state index is -1.11. The van der Waals surface area contributed by atoms with Gasteiger partial charge < -0.3 is 15.6 Å². The molecule has 100 valence electrons. The summed E-state index contributed by atoms with van der Waals surface area (Å²) in [7, 11) is 0.